The van der Waals surface area contributed by atoms with Gasteiger partial charge >= 0.3 is 0 Å². The summed E-state index contributed by atoms with van der Waals surface area (Å²) in [6.07, 6.45) is 0.970. The van der Waals surface area contributed by atoms with E-state index in [-0.39, 0.29) is 5.91 Å². The van der Waals surface area contributed by atoms with E-state index in [0.717, 1.165) is 25.3 Å². The predicted octanol–water partition coefficient (Wildman–Crippen LogP) is 3.61. The first kappa shape index (κ1) is 15.2. The lowest BCUT2D eigenvalue weighted by Gasteiger charge is -2.19. The number of nitrogens with zero attached hydrogens (tertiary/aromatic N) is 2. The number of aromatic nitrogens is 1. The minimum atomic E-state index is -0.0251. The number of rotatable bonds is 2. The first-order valence-electron chi connectivity index (χ1n) is 7.55. The van der Waals surface area contributed by atoms with Crippen LogP contribution in [0.5, 0.6) is 0 Å². The number of hydrogen-bond donors (Lipinski definition) is 0. The molecule has 0 saturated carbocycles. The second kappa shape index (κ2) is 6.57. The normalized spacial score (nSPS) is 19.0. The lowest BCUT2D eigenvalue weighted by atomic mass is 10.0. The maximum Gasteiger partial charge on any atom is 0.276 e. The zero-order valence-corrected chi connectivity index (χ0v) is 13.7. The van der Waals surface area contributed by atoms with Crippen molar-refractivity contribution in [3.63, 3.8) is 0 Å². The Morgan fingerprint density at radius 1 is 1.32 bits per heavy atom. The van der Waals surface area contributed by atoms with Gasteiger partial charge in [0.05, 0.1) is 0 Å². The molecule has 1 saturated heterocycles. The van der Waals surface area contributed by atoms with Crippen molar-refractivity contribution in [3.05, 3.63) is 52.9 Å². The number of hydrogen-bond acceptors (Lipinski definition) is 4. The summed E-state index contributed by atoms with van der Waals surface area (Å²) in [5.74, 6) is 1.59. The standard InChI is InChI=1S/C17H20N2O2S/c1-12-5-3-4-6-14(12)16-7-8-19(9-10-22-16)17(20)15-11-13(2)21-18-15/h3-6,11,16H,7-10H2,1-2H3/t16-/m0/s1. The van der Waals surface area contributed by atoms with Gasteiger partial charge in [-0.3, -0.25) is 4.79 Å². The molecular formula is C17H20N2O2S. The Morgan fingerprint density at radius 2 is 2.14 bits per heavy atom. The van der Waals surface area contributed by atoms with Crippen LogP contribution in [0.4, 0.5) is 0 Å². The molecule has 1 fully saturated rings. The van der Waals surface area contributed by atoms with E-state index in [1.54, 1.807) is 13.0 Å². The molecule has 2 heterocycles. The maximum absolute atomic E-state index is 12.5. The SMILES string of the molecule is Cc1cc(C(=O)N2CCS[C@H](c3ccccc3C)CC2)no1. The Bertz CT molecular complexity index is 668. The number of carbonyl (C=O) groups is 1. The second-order valence-corrected chi connectivity index (χ2v) is 6.93. The molecule has 0 aliphatic carbocycles. The average molecular weight is 316 g/mol. The summed E-state index contributed by atoms with van der Waals surface area (Å²) in [5, 5.41) is 4.30. The van der Waals surface area contributed by atoms with Crippen LogP contribution < -0.4 is 0 Å². The highest BCUT2D eigenvalue weighted by Gasteiger charge is 2.25. The van der Waals surface area contributed by atoms with E-state index in [1.165, 1.54) is 11.1 Å². The smallest absolute Gasteiger partial charge is 0.276 e. The van der Waals surface area contributed by atoms with Gasteiger partial charge in [-0.1, -0.05) is 29.4 Å². The molecule has 116 valence electrons. The molecular weight excluding hydrogens is 296 g/mol. The zero-order valence-electron chi connectivity index (χ0n) is 12.9. The minimum Gasteiger partial charge on any atom is -0.361 e. The molecule has 2 aromatic rings. The third-order valence-electron chi connectivity index (χ3n) is 4.01. The summed E-state index contributed by atoms with van der Waals surface area (Å²) in [5.41, 5.74) is 3.13. The summed E-state index contributed by atoms with van der Waals surface area (Å²) in [6, 6.07) is 10.2. The summed E-state index contributed by atoms with van der Waals surface area (Å²) in [7, 11) is 0. The van der Waals surface area contributed by atoms with E-state index < -0.39 is 0 Å². The molecule has 0 unspecified atom stereocenters. The van der Waals surface area contributed by atoms with Gasteiger partial charge in [-0.15, -0.1) is 0 Å². The first-order chi connectivity index (χ1) is 10.6. The van der Waals surface area contributed by atoms with E-state index in [0.29, 0.717) is 16.7 Å². The van der Waals surface area contributed by atoms with Crippen LogP contribution in [0, 0.1) is 13.8 Å². The molecule has 1 atom stereocenters. The van der Waals surface area contributed by atoms with Crippen LogP contribution in [0.25, 0.3) is 0 Å². The molecule has 1 aromatic heterocycles. The lowest BCUT2D eigenvalue weighted by molar-refractivity contribution is 0.0756. The topological polar surface area (TPSA) is 46.3 Å². The van der Waals surface area contributed by atoms with E-state index in [4.69, 9.17) is 4.52 Å². The third kappa shape index (κ3) is 3.19. The Morgan fingerprint density at radius 3 is 2.86 bits per heavy atom. The van der Waals surface area contributed by atoms with Gasteiger partial charge in [0.15, 0.2) is 5.69 Å². The van der Waals surface area contributed by atoms with Gasteiger partial charge in [-0.2, -0.15) is 11.8 Å². The molecule has 0 bridgehead atoms. The molecule has 22 heavy (non-hydrogen) atoms. The fourth-order valence-electron chi connectivity index (χ4n) is 2.80. The Kier molecular flexibility index (Phi) is 4.52. The van der Waals surface area contributed by atoms with Crippen molar-refractivity contribution in [3.8, 4) is 0 Å². The largest absolute Gasteiger partial charge is 0.361 e. The van der Waals surface area contributed by atoms with Gasteiger partial charge in [-0.05, 0) is 31.4 Å². The van der Waals surface area contributed by atoms with Gasteiger partial charge in [0.25, 0.3) is 5.91 Å². The first-order valence-corrected chi connectivity index (χ1v) is 8.60. The van der Waals surface area contributed by atoms with Crippen molar-refractivity contribution < 1.29 is 9.32 Å². The summed E-state index contributed by atoms with van der Waals surface area (Å²) >= 11 is 1.94. The van der Waals surface area contributed by atoms with E-state index in [1.807, 2.05) is 16.7 Å². The number of amides is 1. The van der Waals surface area contributed by atoms with Crippen molar-refractivity contribution in [1.82, 2.24) is 10.1 Å². The molecule has 0 spiro atoms. The van der Waals surface area contributed by atoms with Gasteiger partial charge in [0.2, 0.25) is 0 Å². The number of aryl methyl sites for hydroxylation is 2. The molecule has 1 aliphatic heterocycles. The van der Waals surface area contributed by atoms with Crippen LogP contribution in [0.1, 0.15) is 39.0 Å². The molecule has 4 nitrogen and oxygen atoms in total. The molecule has 1 aromatic carbocycles. The van der Waals surface area contributed by atoms with Crippen LogP contribution >= 0.6 is 11.8 Å². The summed E-state index contributed by atoms with van der Waals surface area (Å²) < 4.78 is 5.01. The van der Waals surface area contributed by atoms with E-state index in [9.17, 15) is 4.79 Å². The molecule has 1 aliphatic rings. The molecule has 5 heteroatoms. The van der Waals surface area contributed by atoms with Gasteiger partial charge in [-0.25, -0.2) is 0 Å². The molecule has 1 amide bonds. The number of thioether (sulfide) groups is 1. The highest BCUT2D eigenvalue weighted by atomic mass is 32.2. The molecule has 0 N–H and O–H groups in total. The van der Waals surface area contributed by atoms with Crippen molar-refractivity contribution in [2.75, 3.05) is 18.8 Å². The fourth-order valence-corrected chi connectivity index (χ4v) is 4.13. The molecule has 0 radical (unpaired) electrons. The minimum absolute atomic E-state index is 0.0251. The fraction of sp³-hybridized carbons (Fsp3) is 0.412. The average Bonchev–Trinajstić information content (AvgIpc) is 2.81. The maximum atomic E-state index is 12.5. The van der Waals surface area contributed by atoms with E-state index in [2.05, 4.69) is 36.3 Å². The third-order valence-corrected chi connectivity index (χ3v) is 5.32. The van der Waals surface area contributed by atoms with Crippen molar-refractivity contribution in [2.45, 2.75) is 25.5 Å². The highest BCUT2D eigenvalue weighted by Crippen LogP contribution is 2.36. The van der Waals surface area contributed by atoms with Crippen LogP contribution in [0.2, 0.25) is 0 Å². The summed E-state index contributed by atoms with van der Waals surface area (Å²) in [6.45, 7) is 5.48. The second-order valence-electron chi connectivity index (χ2n) is 5.62. The van der Waals surface area contributed by atoms with Crippen LogP contribution in [0.15, 0.2) is 34.9 Å². The van der Waals surface area contributed by atoms with Crippen LogP contribution in [0.3, 0.4) is 0 Å². The van der Waals surface area contributed by atoms with E-state index >= 15 is 0 Å². The number of benzene rings is 1. The Hall–Kier alpha value is -1.75. The monoisotopic (exact) mass is 316 g/mol. The Labute approximate surface area is 134 Å². The van der Waals surface area contributed by atoms with Gasteiger partial charge in [0, 0.05) is 30.2 Å². The lowest BCUT2D eigenvalue weighted by Crippen LogP contribution is -2.33. The quantitative estimate of drug-likeness (QED) is 0.849. The van der Waals surface area contributed by atoms with Gasteiger partial charge in [0.1, 0.15) is 5.76 Å². The van der Waals surface area contributed by atoms with Gasteiger partial charge < -0.3 is 9.42 Å². The zero-order chi connectivity index (χ0) is 15.5. The van der Waals surface area contributed by atoms with Crippen molar-refractivity contribution >= 4 is 17.7 Å². The van der Waals surface area contributed by atoms with Crippen LogP contribution in [-0.4, -0.2) is 34.8 Å². The predicted molar refractivity (Wildman–Crippen MR) is 88.1 cm³/mol. The summed E-state index contributed by atoms with van der Waals surface area (Å²) in [4.78, 5) is 14.4. The molecule has 3 rings (SSSR count). The number of carbonyl (C=O) groups excluding carboxylic acids is 1. The van der Waals surface area contributed by atoms with Crippen LogP contribution in [-0.2, 0) is 0 Å². The van der Waals surface area contributed by atoms with Crippen molar-refractivity contribution in [2.24, 2.45) is 0 Å². The van der Waals surface area contributed by atoms with Crippen molar-refractivity contribution in [1.29, 1.82) is 0 Å². The highest BCUT2D eigenvalue weighted by molar-refractivity contribution is 7.99. The Balaban J connectivity index is 1.70.